The molecule has 0 saturated carbocycles. The van der Waals surface area contributed by atoms with Crippen molar-refractivity contribution in [2.75, 3.05) is 4.90 Å². The fourth-order valence-electron chi connectivity index (χ4n) is 8.59. The summed E-state index contributed by atoms with van der Waals surface area (Å²) in [5.74, 6) is 0. The first kappa shape index (κ1) is 31.2. The molecule has 11 rings (SSSR count). The molecule has 0 atom stereocenters. The van der Waals surface area contributed by atoms with Crippen LogP contribution in [0.25, 0.3) is 76.9 Å². The van der Waals surface area contributed by atoms with Gasteiger partial charge in [0, 0.05) is 55.4 Å². The minimum Gasteiger partial charge on any atom is -0.310 e. The highest BCUT2D eigenvalue weighted by Gasteiger charge is 2.20. The molecular weight excluding hydrogens is 667 g/mol. The number of para-hydroxylation sites is 4. The third kappa shape index (κ3) is 5.05. The topological polar surface area (TPSA) is 13.1 Å². The van der Waals surface area contributed by atoms with Crippen molar-refractivity contribution in [3.05, 3.63) is 212 Å². The molecule has 3 heteroatoms. The molecule has 0 spiro atoms. The molecule has 0 aliphatic heterocycles. The van der Waals surface area contributed by atoms with E-state index in [1.807, 2.05) is 0 Å². The lowest BCUT2D eigenvalue weighted by molar-refractivity contribution is 1.18. The number of benzene rings is 9. The van der Waals surface area contributed by atoms with Crippen molar-refractivity contribution in [3.63, 3.8) is 0 Å². The summed E-state index contributed by atoms with van der Waals surface area (Å²) in [6, 6.07) is 76.9. The van der Waals surface area contributed by atoms with Gasteiger partial charge in [0.1, 0.15) is 0 Å². The van der Waals surface area contributed by atoms with Crippen LogP contribution in [-0.2, 0) is 0 Å². The monoisotopic (exact) mass is 701 g/mol. The van der Waals surface area contributed by atoms with Crippen molar-refractivity contribution in [2.24, 2.45) is 0 Å². The van der Waals surface area contributed by atoms with Crippen LogP contribution in [0.1, 0.15) is 0 Å². The Labute approximate surface area is 319 Å². The van der Waals surface area contributed by atoms with E-state index < -0.39 is 0 Å². The van der Waals surface area contributed by atoms with Crippen LogP contribution < -0.4 is 4.90 Å². The SMILES string of the molecule is c1ccc(-c2ccc(N(c3ccc4c(ccc5c6ccccc6n(-c6ccccc6)c45)c3)c3ccc4c5ccccc5n(-c5ccccc5)c4c3)cc2)cc1. The van der Waals surface area contributed by atoms with Crippen molar-refractivity contribution in [1.82, 2.24) is 9.13 Å². The van der Waals surface area contributed by atoms with Crippen LogP contribution in [0, 0.1) is 0 Å². The van der Waals surface area contributed by atoms with Crippen molar-refractivity contribution < 1.29 is 0 Å². The van der Waals surface area contributed by atoms with Crippen LogP contribution in [0.5, 0.6) is 0 Å². The van der Waals surface area contributed by atoms with E-state index in [0.29, 0.717) is 0 Å². The molecule has 0 unspecified atom stereocenters. The molecular formula is C52H35N3. The molecule has 0 aliphatic carbocycles. The van der Waals surface area contributed by atoms with Gasteiger partial charge in [-0.3, -0.25) is 0 Å². The van der Waals surface area contributed by atoms with E-state index in [1.54, 1.807) is 0 Å². The molecule has 2 heterocycles. The first-order valence-corrected chi connectivity index (χ1v) is 18.9. The molecule has 0 N–H and O–H groups in total. The molecule has 9 aromatic carbocycles. The van der Waals surface area contributed by atoms with E-state index >= 15 is 0 Å². The first-order valence-electron chi connectivity index (χ1n) is 18.9. The third-order valence-corrected chi connectivity index (χ3v) is 11.1. The van der Waals surface area contributed by atoms with Gasteiger partial charge >= 0.3 is 0 Å². The summed E-state index contributed by atoms with van der Waals surface area (Å²) >= 11 is 0. The Hall–Kier alpha value is -7.36. The molecule has 0 saturated heterocycles. The average Bonchev–Trinajstić information content (AvgIpc) is 3.78. The van der Waals surface area contributed by atoms with Gasteiger partial charge in [-0.2, -0.15) is 0 Å². The summed E-state index contributed by atoms with van der Waals surface area (Å²) in [5.41, 5.74) is 12.8. The molecule has 0 aliphatic rings. The summed E-state index contributed by atoms with van der Waals surface area (Å²) in [6.07, 6.45) is 0. The smallest absolute Gasteiger partial charge is 0.0619 e. The van der Waals surface area contributed by atoms with Crippen molar-refractivity contribution in [2.45, 2.75) is 0 Å². The largest absolute Gasteiger partial charge is 0.310 e. The predicted octanol–water partition coefficient (Wildman–Crippen LogP) is 14.2. The van der Waals surface area contributed by atoms with E-state index in [-0.39, 0.29) is 0 Å². The number of anilines is 3. The van der Waals surface area contributed by atoms with Gasteiger partial charge < -0.3 is 14.0 Å². The second kappa shape index (κ2) is 12.6. The van der Waals surface area contributed by atoms with Crippen LogP contribution in [0.4, 0.5) is 17.1 Å². The minimum absolute atomic E-state index is 1.10. The highest BCUT2D eigenvalue weighted by Crippen LogP contribution is 2.43. The summed E-state index contributed by atoms with van der Waals surface area (Å²) in [6.45, 7) is 0. The number of rotatable bonds is 6. The van der Waals surface area contributed by atoms with Crippen LogP contribution in [0.3, 0.4) is 0 Å². The summed E-state index contributed by atoms with van der Waals surface area (Å²) in [4.78, 5) is 2.40. The van der Waals surface area contributed by atoms with Gasteiger partial charge in [-0.1, -0.05) is 140 Å². The number of nitrogens with zero attached hydrogens (tertiary/aromatic N) is 3. The summed E-state index contributed by atoms with van der Waals surface area (Å²) in [7, 11) is 0. The normalized spacial score (nSPS) is 11.6. The highest BCUT2D eigenvalue weighted by molar-refractivity contribution is 6.19. The molecule has 0 amide bonds. The fourth-order valence-corrected chi connectivity index (χ4v) is 8.59. The number of fused-ring (bicyclic) bond motifs is 8. The molecule has 0 radical (unpaired) electrons. The quantitative estimate of drug-likeness (QED) is 0.168. The zero-order chi connectivity index (χ0) is 36.3. The molecule has 0 bridgehead atoms. The Bertz CT molecular complexity index is 3180. The van der Waals surface area contributed by atoms with E-state index in [1.165, 1.54) is 65.5 Å². The van der Waals surface area contributed by atoms with Gasteiger partial charge in [0.25, 0.3) is 0 Å². The van der Waals surface area contributed by atoms with E-state index in [2.05, 4.69) is 226 Å². The number of hydrogen-bond acceptors (Lipinski definition) is 1. The maximum Gasteiger partial charge on any atom is 0.0619 e. The fraction of sp³-hybridized carbons (Fsp3) is 0. The average molecular weight is 702 g/mol. The second-order valence-corrected chi connectivity index (χ2v) is 14.2. The number of hydrogen-bond donors (Lipinski definition) is 0. The lowest BCUT2D eigenvalue weighted by Crippen LogP contribution is -2.10. The Balaban J connectivity index is 1.14. The van der Waals surface area contributed by atoms with Gasteiger partial charge in [0.15, 0.2) is 0 Å². The van der Waals surface area contributed by atoms with E-state index in [9.17, 15) is 0 Å². The lowest BCUT2D eigenvalue weighted by Gasteiger charge is -2.26. The van der Waals surface area contributed by atoms with Gasteiger partial charge in [0.2, 0.25) is 0 Å². The zero-order valence-corrected chi connectivity index (χ0v) is 30.0. The molecule has 258 valence electrons. The van der Waals surface area contributed by atoms with Gasteiger partial charge in [-0.05, 0) is 89.3 Å². The van der Waals surface area contributed by atoms with Crippen molar-refractivity contribution >= 4 is 71.4 Å². The Morgan fingerprint density at radius 1 is 0.291 bits per heavy atom. The Kier molecular flexibility index (Phi) is 7.17. The molecule has 0 fully saturated rings. The lowest BCUT2D eigenvalue weighted by atomic mass is 10.0. The Morgan fingerprint density at radius 3 is 1.45 bits per heavy atom. The predicted molar refractivity (Wildman–Crippen MR) is 233 cm³/mol. The zero-order valence-electron chi connectivity index (χ0n) is 30.0. The maximum absolute atomic E-state index is 2.42. The van der Waals surface area contributed by atoms with Crippen LogP contribution in [0.15, 0.2) is 212 Å². The summed E-state index contributed by atoms with van der Waals surface area (Å²) in [5, 5.41) is 7.41. The second-order valence-electron chi connectivity index (χ2n) is 14.2. The molecule has 3 nitrogen and oxygen atoms in total. The third-order valence-electron chi connectivity index (χ3n) is 11.1. The van der Waals surface area contributed by atoms with Crippen LogP contribution >= 0.6 is 0 Å². The minimum atomic E-state index is 1.10. The maximum atomic E-state index is 2.42. The van der Waals surface area contributed by atoms with Gasteiger partial charge in [-0.25, -0.2) is 0 Å². The van der Waals surface area contributed by atoms with Gasteiger partial charge in [0.05, 0.1) is 22.1 Å². The van der Waals surface area contributed by atoms with Crippen LogP contribution in [0.2, 0.25) is 0 Å². The van der Waals surface area contributed by atoms with Crippen LogP contribution in [-0.4, -0.2) is 9.13 Å². The van der Waals surface area contributed by atoms with E-state index in [4.69, 9.17) is 0 Å². The van der Waals surface area contributed by atoms with E-state index in [0.717, 1.165) is 28.4 Å². The molecule has 2 aromatic heterocycles. The van der Waals surface area contributed by atoms with Gasteiger partial charge in [-0.15, -0.1) is 0 Å². The summed E-state index contributed by atoms with van der Waals surface area (Å²) < 4.78 is 4.81. The Morgan fingerprint density at radius 2 is 0.764 bits per heavy atom. The van der Waals surface area contributed by atoms with Crippen molar-refractivity contribution in [1.29, 1.82) is 0 Å². The molecule has 11 aromatic rings. The highest BCUT2D eigenvalue weighted by atomic mass is 15.1. The standard InChI is InChI=1S/C52H35N3/c1-4-14-36(15-5-1)37-24-27-41(28-25-37)53(43-30-33-47-45-20-10-12-22-49(45)54(51(47)35-43)39-16-6-2-7-17-39)42-29-32-44-38(34-42)26-31-48-46-21-11-13-23-50(46)55(52(44)48)40-18-8-3-9-19-40/h1-35H. The van der Waals surface area contributed by atoms with Crippen molar-refractivity contribution in [3.8, 4) is 22.5 Å². The first-order chi connectivity index (χ1) is 27.3. The number of aromatic nitrogens is 2. The molecule has 55 heavy (non-hydrogen) atoms.